The summed E-state index contributed by atoms with van der Waals surface area (Å²) in [5.41, 5.74) is 5.62. The molecule has 1 heterocycles. The molecule has 0 atom stereocenters. The molecular formula is C11H9BrF3N3. The lowest BCUT2D eigenvalue weighted by Crippen LogP contribution is -2.08. The van der Waals surface area contributed by atoms with E-state index in [9.17, 15) is 13.2 Å². The first kappa shape index (κ1) is 13.1. The Labute approximate surface area is 110 Å². The minimum absolute atomic E-state index is 0.00459. The summed E-state index contributed by atoms with van der Waals surface area (Å²) in [6.07, 6.45) is -2.83. The largest absolute Gasteiger partial charge is 0.417 e. The van der Waals surface area contributed by atoms with Crippen molar-refractivity contribution in [2.75, 3.05) is 0 Å². The van der Waals surface area contributed by atoms with Crippen molar-refractivity contribution in [3.05, 3.63) is 46.2 Å². The van der Waals surface area contributed by atoms with Crippen molar-refractivity contribution in [1.29, 1.82) is 0 Å². The Hall–Kier alpha value is -1.34. The number of aromatic nitrogens is 2. The fraction of sp³-hybridized carbons (Fsp3) is 0.182. The Bertz CT molecular complexity index is 563. The summed E-state index contributed by atoms with van der Waals surface area (Å²) in [6, 6.07) is 5.60. The molecule has 2 N–H and O–H groups in total. The normalized spacial score (nSPS) is 11.8. The van der Waals surface area contributed by atoms with Crippen molar-refractivity contribution in [2.45, 2.75) is 12.7 Å². The molecule has 2 rings (SSSR count). The second-order valence-corrected chi connectivity index (χ2v) is 4.47. The van der Waals surface area contributed by atoms with Gasteiger partial charge in [-0.2, -0.15) is 18.3 Å². The first-order valence-corrected chi connectivity index (χ1v) is 5.83. The molecule has 1 aromatic heterocycles. The molecule has 0 aliphatic carbocycles. The standard InChI is InChI=1S/C11H9BrF3N3/c12-10-2-1-8(5-9(10)11(13,14)15)18-4-3-7(6-16)17-18/h1-5H,6,16H2. The predicted octanol–water partition coefficient (Wildman–Crippen LogP) is 3.11. The second-order valence-electron chi connectivity index (χ2n) is 3.62. The maximum Gasteiger partial charge on any atom is 0.417 e. The molecule has 0 amide bonds. The first-order chi connectivity index (χ1) is 8.41. The van der Waals surface area contributed by atoms with Gasteiger partial charge in [0.1, 0.15) is 0 Å². The zero-order valence-corrected chi connectivity index (χ0v) is 10.7. The SMILES string of the molecule is NCc1ccn(-c2ccc(Br)c(C(F)(F)F)c2)n1. The number of nitrogens with two attached hydrogens (primary N) is 1. The Kier molecular flexibility index (Phi) is 3.45. The van der Waals surface area contributed by atoms with Crippen LogP contribution >= 0.6 is 15.9 Å². The van der Waals surface area contributed by atoms with E-state index in [1.165, 1.54) is 10.7 Å². The summed E-state index contributed by atoms with van der Waals surface area (Å²) < 4.78 is 39.6. The van der Waals surface area contributed by atoms with Gasteiger partial charge in [-0.15, -0.1) is 0 Å². The molecule has 0 aliphatic rings. The smallest absolute Gasteiger partial charge is 0.325 e. The molecule has 0 saturated heterocycles. The molecule has 1 aromatic carbocycles. The van der Waals surface area contributed by atoms with Crippen LogP contribution in [0, 0.1) is 0 Å². The zero-order chi connectivity index (χ0) is 13.3. The van der Waals surface area contributed by atoms with Crippen LogP contribution in [-0.4, -0.2) is 9.78 Å². The van der Waals surface area contributed by atoms with E-state index in [1.807, 2.05) is 0 Å². The van der Waals surface area contributed by atoms with Gasteiger partial charge in [-0.05, 0) is 24.3 Å². The van der Waals surface area contributed by atoms with Crippen molar-refractivity contribution in [2.24, 2.45) is 5.73 Å². The van der Waals surface area contributed by atoms with Crippen LogP contribution in [0.15, 0.2) is 34.9 Å². The lowest BCUT2D eigenvalue weighted by Gasteiger charge is -2.11. The quantitative estimate of drug-likeness (QED) is 0.924. The second kappa shape index (κ2) is 4.74. The molecule has 0 spiro atoms. The van der Waals surface area contributed by atoms with Crippen molar-refractivity contribution in [3.63, 3.8) is 0 Å². The molecule has 0 saturated carbocycles. The van der Waals surface area contributed by atoms with Crippen LogP contribution in [0.4, 0.5) is 13.2 Å². The minimum atomic E-state index is -4.40. The van der Waals surface area contributed by atoms with Gasteiger partial charge < -0.3 is 5.73 Å². The summed E-state index contributed by atoms with van der Waals surface area (Å²) in [7, 11) is 0. The van der Waals surface area contributed by atoms with Gasteiger partial charge >= 0.3 is 6.18 Å². The number of nitrogens with zero attached hydrogens (tertiary/aromatic N) is 2. The molecule has 18 heavy (non-hydrogen) atoms. The molecule has 96 valence electrons. The summed E-state index contributed by atoms with van der Waals surface area (Å²) in [6.45, 7) is 0.246. The Morgan fingerprint density at radius 3 is 2.56 bits per heavy atom. The van der Waals surface area contributed by atoms with E-state index in [1.54, 1.807) is 18.3 Å². The Morgan fingerprint density at radius 1 is 1.28 bits per heavy atom. The highest BCUT2D eigenvalue weighted by Crippen LogP contribution is 2.35. The van der Waals surface area contributed by atoms with Gasteiger partial charge in [-0.3, -0.25) is 0 Å². The highest BCUT2D eigenvalue weighted by Gasteiger charge is 2.33. The van der Waals surface area contributed by atoms with Crippen molar-refractivity contribution < 1.29 is 13.2 Å². The van der Waals surface area contributed by atoms with Gasteiger partial charge in [0.15, 0.2) is 0 Å². The van der Waals surface area contributed by atoms with E-state index in [0.29, 0.717) is 11.4 Å². The Balaban J connectivity index is 2.47. The highest BCUT2D eigenvalue weighted by molar-refractivity contribution is 9.10. The van der Waals surface area contributed by atoms with Crippen LogP contribution < -0.4 is 5.73 Å². The van der Waals surface area contributed by atoms with E-state index < -0.39 is 11.7 Å². The third-order valence-corrected chi connectivity index (χ3v) is 3.06. The minimum Gasteiger partial charge on any atom is -0.325 e. The van der Waals surface area contributed by atoms with Crippen molar-refractivity contribution >= 4 is 15.9 Å². The third kappa shape index (κ3) is 2.56. The third-order valence-electron chi connectivity index (χ3n) is 2.37. The van der Waals surface area contributed by atoms with Crippen LogP contribution in [0.1, 0.15) is 11.3 Å². The van der Waals surface area contributed by atoms with Gasteiger partial charge in [0, 0.05) is 17.2 Å². The van der Waals surface area contributed by atoms with E-state index >= 15 is 0 Å². The summed E-state index contributed by atoms with van der Waals surface area (Å²) in [5.74, 6) is 0. The zero-order valence-electron chi connectivity index (χ0n) is 9.08. The topological polar surface area (TPSA) is 43.8 Å². The predicted molar refractivity (Wildman–Crippen MR) is 64.2 cm³/mol. The molecule has 3 nitrogen and oxygen atoms in total. The van der Waals surface area contributed by atoms with Crippen molar-refractivity contribution in [3.8, 4) is 5.69 Å². The molecule has 0 unspecified atom stereocenters. The van der Waals surface area contributed by atoms with E-state index in [2.05, 4.69) is 21.0 Å². The van der Waals surface area contributed by atoms with Gasteiger partial charge in [-0.25, -0.2) is 4.68 Å². The summed E-state index contributed by atoms with van der Waals surface area (Å²) >= 11 is 2.89. The van der Waals surface area contributed by atoms with Crippen LogP contribution in [0.2, 0.25) is 0 Å². The summed E-state index contributed by atoms with van der Waals surface area (Å²) in [4.78, 5) is 0. The average Bonchev–Trinajstić information content (AvgIpc) is 2.76. The van der Waals surface area contributed by atoms with E-state index in [4.69, 9.17) is 5.73 Å². The lowest BCUT2D eigenvalue weighted by atomic mass is 10.2. The highest BCUT2D eigenvalue weighted by atomic mass is 79.9. The number of hydrogen-bond acceptors (Lipinski definition) is 2. The van der Waals surface area contributed by atoms with Gasteiger partial charge in [0.2, 0.25) is 0 Å². The fourth-order valence-corrected chi connectivity index (χ4v) is 1.96. The molecule has 0 aliphatic heterocycles. The van der Waals surface area contributed by atoms with E-state index in [-0.39, 0.29) is 11.0 Å². The lowest BCUT2D eigenvalue weighted by molar-refractivity contribution is -0.138. The molecule has 2 aromatic rings. The maximum absolute atomic E-state index is 12.7. The first-order valence-electron chi connectivity index (χ1n) is 5.03. The van der Waals surface area contributed by atoms with Gasteiger partial charge in [0.25, 0.3) is 0 Å². The number of alkyl halides is 3. The van der Waals surface area contributed by atoms with Gasteiger partial charge in [0.05, 0.1) is 16.9 Å². The fourth-order valence-electron chi connectivity index (χ4n) is 1.49. The van der Waals surface area contributed by atoms with Crippen molar-refractivity contribution in [1.82, 2.24) is 9.78 Å². The monoisotopic (exact) mass is 319 g/mol. The number of halogens is 4. The van der Waals surface area contributed by atoms with Crippen LogP contribution in [-0.2, 0) is 12.7 Å². The molecular weight excluding hydrogens is 311 g/mol. The van der Waals surface area contributed by atoms with Crippen LogP contribution in [0.5, 0.6) is 0 Å². The maximum atomic E-state index is 12.7. The van der Waals surface area contributed by atoms with Crippen LogP contribution in [0.3, 0.4) is 0 Å². The number of hydrogen-bond donors (Lipinski definition) is 1. The van der Waals surface area contributed by atoms with Crippen LogP contribution in [0.25, 0.3) is 5.69 Å². The Morgan fingerprint density at radius 2 is 2.00 bits per heavy atom. The number of rotatable bonds is 2. The molecule has 0 fully saturated rings. The summed E-state index contributed by atoms with van der Waals surface area (Å²) in [5, 5.41) is 4.06. The average molecular weight is 320 g/mol. The molecule has 0 bridgehead atoms. The molecule has 0 radical (unpaired) electrons. The number of benzene rings is 1. The molecule has 7 heteroatoms. The van der Waals surface area contributed by atoms with E-state index in [0.717, 1.165) is 6.07 Å². The van der Waals surface area contributed by atoms with Gasteiger partial charge in [-0.1, -0.05) is 15.9 Å².